The van der Waals surface area contributed by atoms with Crippen molar-refractivity contribution < 1.29 is 14.1 Å². The maximum atomic E-state index is 12.7. The predicted molar refractivity (Wildman–Crippen MR) is 84.4 cm³/mol. The van der Waals surface area contributed by atoms with Gasteiger partial charge in [-0.15, -0.1) is 0 Å². The summed E-state index contributed by atoms with van der Waals surface area (Å²) in [5, 5.41) is 3.96. The first-order chi connectivity index (χ1) is 11.1. The van der Waals surface area contributed by atoms with E-state index in [0.29, 0.717) is 5.69 Å². The molecule has 0 atom stereocenters. The summed E-state index contributed by atoms with van der Waals surface area (Å²) in [6.07, 6.45) is 3.88. The van der Waals surface area contributed by atoms with Gasteiger partial charge in [0, 0.05) is 17.7 Å². The van der Waals surface area contributed by atoms with Crippen LogP contribution in [0.4, 0.5) is 0 Å². The Labute approximate surface area is 134 Å². The third-order valence-electron chi connectivity index (χ3n) is 4.14. The predicted octanol–water partition coefficient (Wildman–Crippen LogP) is 2.21. The number of rotatable bonds is 5. The molecule has 0 bridgehead atoms. The lowest BCUT2D eigenvalue weighted by molar-refractivity contribution is -0.119. The number of amides is 2. The van der Waals surface area contributed by atoms with Crippen molar-refractivity contribution in [2.75, 3.05) is 6.54 Å². The highest BCUT2D eigenvalue weighted by Gasteiger charge is 2.30. The van der Waals surface area contributed by atoms with Crippen LogP contribution in [0.3, 0.4) is 0 Å². The van der Waals surface area contributed by atoms with Gasteiger partial charge in [-0.3, -0.25) is 9.59 Å². The molecule has 1 aromatic heterocycles. The average molecular weight is 313 g/mol. The van der Waals surface area contributed by atoms with E-state index in [4.69, 9.17) is 10.3 Å². The Hall–Kier alpha value is -2.63. The molecule has 0 radical (unpaired) electrons. The van der Waals surface area contributed by atoms with E-state index >= 15 is 0 Å². The highest BCUT2D eigenvalue weighted by atomic mass is 16.5. The Morgan fingerprint density at radius 1 is 1.22 bits per heavy atom. The number of nitrogens with two attached hydrogens (primary N) is 1. The number of nitrogens with zero attached hydrogens (tertiary/aromatic N) is 2. The van der Waals surface area contributed by atoms with Gasteiger partial charge in [-0.2, -0.15) is 0 Å². The molecule has 6 heteroatoms. The minimum absolute atomic E-state index is 0.0419. The van der Waals surface area contributed by atoms with Crippen molar-refractivity contribution in [2.45, 2.75) is 31.7 Å². The zero-order chi connectivity index (χ0) is 16.2. The molecule has 0 unspecified atom stereocenters. The summed E-state index contributed by atoms with van der Waals surface area (Å²) in [6, 6.07) is 11.1. The van der Waals surface area contributed by atoms with Gasteiger partial charge in [0.05, 0.1) is 0 Å². The molecule has 1 heterocycles. The Balaban J connectivity index is 1.82. The van der Waals surface area contributed by atoms with Gasteiger partial charge in [0.15, 0.2) is 0 Å². The van der Waals surface area contributed by atoms with E-state index in [1.165, 1.54) is 4.90 Å². The maximum Gasteiger partial charge on any atom is 0.293 e. The van der Waals surface area contributed by atoms with Crippen LogP contribution in [-0.4, -0.2) is 34.5 Å². The van der Waals surface area contributed by atoms with Crippen molar-refractivity contribution in [2.24, 2.45) is 5.73 Å². The van der Waals surface area contributed by atoms with Crippen molar-refractivity contribution in [3.05, 3.63) is 42.2 Å². The number of hydrogen-bond donors (Lipinski definition) is 1. The molecule has 1 saturated carbocycles. The van der Waals surface area contributed by atoms with Crippen molar-refractivity contribution in [1.82, 2.24) is 10.1 Å². The normalized spacial score (nSPS) is 14.8. The first kappa shape index (κ1) is 15.3. The molecule has 1 aromatic carbocycles. The topological polar surface area (TPSA) is 89.4 Å². The summed E-state index contributed by atoms with van der Waals surface area (Å²) in [4.78, 5) is 25.5. The van der Waals surface area contributed by atoms with Gasteiger partial charge in [0.25, 0.3) is 5.91 Å². The van der Waals surface area contributed by atoms with Gasteiger partial charge in [-0.1, -0.05) is 48.3 Å². The van der Waals surface area contributed by atoms with Crippen LogP contribution in [0.15, 0.2) is 40.9 Å². The second-order valence-electron chi connectivity index (χ2n) is 5.78. The molecule has 1 aliphatic carbocycles. The van der Waals surface area contributed by atoms with Crippen molar-refractivity contribution >= 4 is 11.8 Å². The zero-order valence-corrected chi connectivity index (χ0v) is 12.8. The van der Waals surface area contributed by atoms with E-state index in [0.717, 1.165) is 31.2 Å². The fourth-order valence-electron chi connectivity index (χ4n) is 3.01. The average Bonchev–Trinajstić information content (AvgIpc) is 3.24. The lowest BCUT2D eigenvalue weighted by Gasteiger charge is -2.26. The van der Waals surface area contributed by atoms with Gasteiger partial charge in [0.1, 0.15) is 12.2 Å². The molecular weight excluding hydrogens is 294 g/mol. The fourth-order valence-corrected chi connectivity index (χ4v) is 3.01. The molecule has 2 amide bonds. The summed E-state index contributed by atoms with van der Waals surface area (Å²) >= 11 is 0. The van der Waals surface area contributed by atoms with Gasteiger partial charge < -0.3 is 15.2 Å². The molecule has 1 fully saturated rings. The van der Waals surface area contributed by atoms with Gasteiger partial charge in [0.2, 0.25) is 11.7 Å². The Morgan fingerprint density at radius 3 is 2.57 bits per heavy atom. The molecule has 2 N–H and O–H groups in total. The molecule has 2 aromatic rings. The number of aromatic nitrogens is 1. The smallest absolute Gasteiger partial charge is 0.293 e. The van der Waals surface area contributed by atoms with Crippen LogP contribution < -0.4 is 5.73 Å². The van der Waals surface area contributed by atoms with E-state index in [9.17, 15) is 9.59 Å². The van der Waals surface area contributed by atoms with Crippen LogP contribution in [0.1, 0.15) is 36.2 Å². The molecule has 3 rings (SSSR count). The molecule has 6 nitrogen and oxygen atoms in total. The number of primary amides is 1. The highest BCUT2D eigenvalue weighted by molar-refractivity contribution is 5.95. The summed E-state index contributed by atoms with van der Waals surface area (Å²) in [5.74, 6) is -0.713. The first-order valence-corrected chi connectivity index (χ1v) is 7.76. The van der Waals surface area contributed by atoms with Crippen LogP contribution >= 0.6 is 0 Å². The Kier molecular flexibility index (Phi) is 4.41. The van der Waals surface area contributed by atoms with E-state index < -0.39 is 5.91 Å². The van der Waals surface area contributed by atoms with E-state index in [2.05, 4.69) is 5.16 Å². The van der Waals surface area contributed by atoms with Crippen LogP contribution in [0.2, 0.25) is 0 Å². The van der Waals surface area contributed by atoms with Crippen molar-refractivity contribution in [3.8, 4) is 11.3 Å². The molecule has 0 saturated heterocycles. The highest BCUT2D eigenvalue weighted by Crippen LogP contribution is 2.26. The Morgan fingerprint density at radius 2 is 1.91 bits per heavy atom. The van der Waals surface area contributed by atoms with Crippen LogP contribution in [0.5, 0.6) is 0 Å². The number of carbonyl (C=O) groups excluding carboxylic acids is 2. The standard InChI is InChI=1S/C17H19N3O3/c18-16(21)11-20(13-8-4-5-9-13)17(22)15-10-14(19-23-15)12-6-2-1-3-7-12/h1-3,6-7,10,13H,4-5,8-9,11H2,(H2,18,21). The van der Waals surface area contributed by atoms with E-state index in [-0.39, 0.29) is 24.3 Å². The first-order valence-electron chi connectivity index (χ1n) is 7.76. The third kappa shape index (κ3) is 3.41. The molecule has 1 aliphatic rings. The molecular formula is C17H19N3O3. The fraction of sp³-hybridized carbons (Fsp3) is 0.353. The number of hydrogen-bond acceptors (Lipinski definition) is 4. The SMILES string of the molecule is NC(=O)CN(C(=O)c1cc(-c2ccccc2)no1)C1CCCC1. The van der Waals surface area contributed by atoms with E-state index in [1.54, 1.807) is 6.07 Å². The van der Waals surface area contributed by atoms with Crippen molar-refractivity contribution in [1.29, 1.82) is 0 Å². The summed E-state index contributed by atoms with van der Waals surface area (Å²) < 4.78 is 5.21. The van der Waals surface area contributed by atoms with E-state index in [1.807, 2.05) is 30.3 Å². The molecule has 23 heavy (non-hydrogen) atoms. The number of carbonyl (C=O) groups is 2. The monoisotopic (exact) mass is 313 g/mol. The summed E-state index contributed by atoms with van der Waals surface area (Å²) in [5.41, 5.74) is 6.76. The van der Waals surface area contributed by atoms with Gasteiger partial charge in [-0.05, 0) is 12.8 Å². The van der Waals surface area contributed by atoms with Gasteiger partial charge in [-0.25, -0.2) is 0 Å². The second kappa shape index (κ2) is 6.64. The molecule has 0 aliphatic heterocycles. The van der Waals surface area contributed by atoms with Crippen LogP contribution in [0.25, 0.3) is 11.3 Å². The van der Waals surface area contributed by atoms with Crippen LogP contribution in [0, 0.1) is 0 Å². The molecule has 120 valence electrons. The lowest BCUT2D eigenvalue weighted by atomic mass is 10.1. The third-order valence-corrected chi connectivity index (χ3v) is 4.14. The van der Waals surface area contributed by atoms with Crippen LogP contribution in [-0.2, 0) is 4.79 Å². The molecule has 0 spiro atoms. The quantitative estimate of drug-likeness (QED) is 0.916. The minimum atomic E-state index is -0.520. The largest absolute Gasteiger partial charge is 0.368 e. The summed E-state index contributed by atoms with van der Waals surface area (Å²) in [7, 11) is 0. The lowest BCUT2D eigenvalue weighted by Crippen LogP contribution is -2.44. The van der Waals surface area contributed by atoms with Gasteiger partial charge >= 0.3 is 0 Å². The Bertz CT molecular complexity index is 690. The minimum Gasteiger partial charge on any atom is -0.368 e. The summed E-state index contributed by atoms with van der Waals surface area (Å²) in [6.45, 7) is -0.0924. The second-order valence-corrected chi connectivity index (χ2v) is 5.78. The zero-order valence-electron chi connectivity index (χ0n) is 12.8. The maximum absolute atomic E-state index is 12.7. The number of benzene rings is 1. The van der Waals surface area contributed by atoms with Crippen molar-refractivity contribution in [3.63, 3.8) is 0 Å².